The number of nitrogens with one attached hydrogen (secondary N) is 2. The van der Waals surface area contributed by atoms with Gasteiger partial charge in [-0.25, -0.2) is 0 Å². The number of rotatable bonds is 2. The van der Waals surface area contributed by atoms with Gasteiger partial charge in [-0.3, -0.25) is 9.59 Å². The Hall–Kier alpha value is -2.08. The van der Waals surface area contributed by atoms with E-state index in [0.717, 1.165) is 25.9 Å². The SMILES string of the molecule is Cc1cccc(N2CCN(C(=O)C(=O)NC3CC(C)(C)NC(C)(C)C3)CC2)c1. The molecule has 28 heavy (non-hydrogen) atoms. The quantitative estimate of drug-likeness (QED) is 0.764. The molecular formula is C22H34N4O2. The molecule has 6 heteroatoms. The third kappa shape index (κ3) is 5.04. The van der Waals surface area contributed by atoms with Gasteiger partial charge >= 0.3 is 11.8 Å². The van der Waals surface area contributed by atoms with Gasteiger partial charge in [-0.2, -0.15) is 0 Å². The van der Waals surface area contributed by atoms with Crippen LogP contribution < -0.4 is 15.5 Å². The Bertz CT molecular complexity index is 720. The van der Waals surface area contributed by atoms with Crippen molar-refractivity contribution in [3.8, 4) is 0 Å². The average Bonchev–Trinajstić information content (AvgIpc) is 2.58. The largest absolute Gasteiger partial charge is 0.368 e. The molecule has 2 amide bonds. The van der Waals surface area contributed by atoms with Crippen LogP contribution in [0.25, 0.3) is 0 Å². The number of carbonyl (C=O) groups is 2. The highest BCUT2D eigenvalue weighted by atomic mass is 16.2. The number of hydrogen-bond donors (Lipinski definition) is 2. The summed E-state index contributed by atoms with van der Waals surface area (Å²) in [6.45, 7) is 13.3. The van der Waals surface area contributed by atoms with Gasteiger partial charge in [0, 0.05) is 49.0 Å². The molecule has 154 valence electrons. The number of anilines is 1. The standard InChI is InChI=1S/C22H34N4O2/c1-16-7-6-8-18(13-16)25-9-11-26(12-10-25)20(28)19(27)23-17-14-21(2,3)24-22(4,5)15-17/h6-8,13,17,24H,9-12,14-15H2,1-5H3,(H,23,27). The summed E-state index contributed by atoms with van der Waals surface area (Å²) < 4.78 is 0. The predicted molar refractivity (Wildman–Crippen MR) is 112 cm³/mol. The third-order valence-corrected chi connectivity index (χ3v) is 5.65. The van der Waals surface area contributed by atoms with Crippen LogP contribution in [0.15, 0.2) is 24.3 Å². The van der Waals surface area contributed by atoms with E-state index in [2.05, 4.69) is 74.4 Å². The van der Waals surface area contributed by atoms with Crippen LogP contribution in [0.1, 0.15) is 46.1 Å². The van der Waals surface area contributed by atoms with Crippen molar-refractivity contribution in [2.45, 2.75) is 64.6 Å². The maximum absolute atomic E-state index is 12.7. The van der Waals surface area contributed by atoms with Crippen molar-refractivity contribution < 1.29 is 9.59 Å². The van der Waals surface area contributed by atoms with E-state index >= 15 is 0 Å². The number of hydrogen-bond acceptors (Lipinski definition) is 4. The maximum atomic E-state index is 12.7. The Kier molecular flexibility index (Phi) is 5.71. The highest BCUT2D eigenvalue weighted by Gasteiger charge is 2.39. The third-order valence-electron chi connectivity index (χ3n) is 5.65. The highest BCUT2D eigenvalue weighted by molar-refractivity contribution is 6.35. The molecule has 1 aromatic rings. The van der Waals surface area contributed by atoms with Crippen LogP contribution in [0.3, 0.4) is 0 Å². The van der Waals surface area contributed by atoms with Crippen molar-refractivity contribution in [2.75, 3.05) is 31.1 Å². The second-order valence-electron chi connectivity index (χ2n) is 9.59. The fourth-order valence-corrected chi connectivity index (χ4v) is 4.81. The van der Waals surface area contributed by atoms with E-state index in [9.17, 15) is 9.59 Å². The zero-order valence-corrected chi connectivity index (χ0v) is 17.8. The molecule has 0 aromatic heterocycles. The van der Waals surface area contributed by atoms with Crippen LogP contribution in [-0.2, 0) is 9.59 Å². The monoisotopic (exact) mass is 386 g/mol. The minimum atomic E-state index is -0.470. The van der Waals surface area contributed by atoms with Crippen LogP contribution in [0.2, 0.25) is 0 Å². The Morgan fingerprint density at radius 1 is 1.04 bits per heavy atom. The number of amides is 2. The van der Waals surface area contributed by atoms with Gasteiger partial charge in [0.1, 0.15) is 0 Å². The topological polar surface area (TPSA) is 64.7 Å². The van der Waals surface area contributed by atoms with Crippen molar-refractivity contribution in [3.63, 3.8) is 0 Å². The molecule has 0 bridgehead atoms. The van der Waals surface area contributed by atoms with E-state index in [1.165, 1.54) is 11.3 Å². The Morgan fingerprint density at radius 2 is 1.64 bits per heavy atom. The molecular weight excluding hydrogens is 352 g/mol. The number of aryl methyl sites for hydroxylation is 1. The van der Waals surface area contributed by atoms with Gasteiger partial charge in [0.2, 0.25) is 0 Å². The smallest absolute Gasteiger partial charge is 0.312 e. The average molecular weight is 387 g/mol. The lowest BCUT2D eigenvalue weighted by molar-refractivity contribution is -0.146. The summed E-state index contributed by atoms with van der Waals surface area (Å²) in [4.78, 5) is 29.2. The molecule has 0 spiro atoms. The van der Waals surface area contributed by atoms with E-state index in [4.69, 9.17) is 0 Å². The van der Waals surface area contributed by atoms with E-state index in [0.29, 0.717) is 13.1 Å². The lowest BCUT2D eigenvalue weighted by Crippen LogP contribution is -2.63. The summed E-state index contributed by atoms with van der Waals surface area (Å²) in [7, 11) is 0. The van der Waals surface area contributed by atoms with Crippen LogP contribution in [0, 0.1) is 6.92 Å². The van der Waals surface area contributed by atoms with Gasteiger partial charge in [0.05, 0.1) is 0 Å². The summed E-state index contributed by atoms with van der Waals surface area (Å²) in [6.07, 6.45) is 1.63. The van der Waals surface area contributed by atoms with Crippen molar-refractivity contribution >= 4 is 17.5 Å². The molecule has 0 aliphatic carbocycles. The van der Waals surface area contributed by atoms with Gasteiger partial charge in [-0.15, -0.1) is 0 Å². The summed E-state index contributed by atoms with van der Waals surface area (Å²) >= 11 is 0. The van der Waals surface area contributed by atoms with Gasteiger partial charge < -0.3 is 20.4 Å². The number of piperidine rings is 1. The number of nitrogens with zero attached hydrogens (tertiary/aromatic N) is 2. The Balaban J connectivity index is 1.54. The minimum absolute atomic E-state index is 0.0104. The van der Waals surface area contributed by atoms with Crippen molar-refractivity contribution in [3.05, 3.63) is 29.8 Å². The lowest BCUT2D eigenvalue weighted by Gasteiger charge is -2.46. The molecule has 2 N–H and O–H groups in total. The van der Waals surface area contributed by atoms with Gasteiger partial charge in [0.15, 0.2) is 0 Å². The van der Waals surface area contributed by atoms with Gasteiger partial charge in [-0.1, -0.05) is 12.1 Å². The summed E-state index contributed by atoms with van der Waals surface area (Å²) in [6, 6.07) is 8.40. The fourth-order valence-electron chi connectivity index (χ4n) is 4.81. The number of benzene rings is 1. The molecule has 2 heterocycles. The van der Waals surface area contributed by atoms with Crippen LogP contribution >= 0.6 is 0 Å². The number of piperazine rings is 1. The fraction of sp³-hybridized carbons (Fsp3) is 0.636. The molecule has 1 aromatic carbocycles. The molecule has 2 aliphatic heterocycles. The summed E-state index contributed by atoms with van der Waals surface area (Å²) in [5, 5.41) is 6.59. The number of carbonyl (C=O) groups excluding carboxylic acids is 2. The van der Waals surface area contributed by atoms with Crippen LogP contribution in [0.5, 0.6) is 0 Å². The van der Waals surface area contributed by atoms with Crippen molar-refractivity contribution in [1.82, 2.24) is 15.5 Å². The normalized spacial score (nSPS) is 22.0. The lowest BCUT2D eigenvalue weighted by atomic mass is 9.79. The first-order valence-electron chi connectivity index (χ1n) is 10.3. The Labute approximate surface area is 168 Å². The van der Waals surface area contributed by atoms with Gasteiger partial charge in [0.25, 0.3) is 0 Å². The van der Waals surface area contributed by atoms with Crippen LogP contribution in [-0.4, -0.2) is 60.0 Å². The second kappa shape index (κ2) is 7.74. The van der Waals surface area contributed by atoms with E-state index < -0.39 is 11.8 Å². The molecule has 3 rings (SSSR count). The van der Waals surface area contributed by atoms with Crippen molar-refractivity contribution in [2.24, 2.45) is 0 Å². The second-order valence-corrected chi connectivity index (χ2v) is 9.59. The first-order chi connectivity index (χ1) is 13.0. The molecule has 6 nitrogen and oxygen atoms in total. The highest BCUT2D eigenvalue weighted by Crippen LogP contribution is 2.28. The minimum Gasteiger partial charge on any atom is -0.368 e. The van der Waals surface area contributed by atoms with E-state index in [1.807, 2.05) is 0 Å². The van der Waals surface area contributed by atoms with E-state index in [1.54, 1.807) is 4.90 Å². The maximum Gasteiger partial charge on any atom is 0.312 e. The van der Waals surface area contributed by atoms with Gasteiger partial charge in [-0.05, 0) is 65.2 Å². The van der Waals surface area contributed by atoms with Crippen molar-refractivity contribution in [1.29, 1.82) is 0 Å². The zero-order chi connectivity index (χ0) is 20.5. The molecule has 0 saturated carbocycles. The Morgan fingerprint density at radius 3 is 2.21 bits per heavy atom. The first-order valence-corrected chi connectivity index (χ1v) is 10.3. The molecule has 0 atom stereocenters. The predicted octanol–water partition coefficient (Wildman–Crippen LogP) is 2.07. The molecule has 0 radical (unpaired) electrons. The molecule has 2 fully saturated rings. The summed E-state index contributed by atoms with van der Waals surface area (Å²) in [5.41, 5.74) is 2.27. The van der Waals surface area contributed by atoms with Crippen LogP contribution in [0.4, 0.5) is 5.69 Å². The molecule has 2 saturated heterocycles. The van der Waals surface area contributed by atoms with E-state index in [-0.39, 0.29) is 17.1 Å². The molecule has 2 aliphatic rings. The first kappa shape index (κ1) is 20.6. The summed E-state index contributed by atoms with van der Waals surface area (Å²) in [5.74, 6) is -0.874. The zero-order valence-electron chi connectivity index (χ0n) is 17.8. The molecule has 0 unspecified atom stereocenters.